The summed E-state index contributed by atoms with van der Waals surface area (Å²) < 4.78 is 47.3. The summed E-state index contributed by atoms with van der Waals surface area (Å²) in [5.74, 6) is 0. The van der Waals surface area contributed by atoms with Gasteiger partial charge in [0.1, 0.15) is 11.6 Å². The van der Waals surface area contributed by atoms with E-state index in [9.17, 15) is 44.7 Å². The van der Waals surface area contributed by atoms with Gasteiger partial charge in [-0.25, -0.2) is 0 Å². The highest BCUT2D eigenvalue weighted by molar-refractivity contribution is 6.12. The highest BCUT2D eigenvalue weighted by Gasteiger charge is 2.32. The van der Waals surface area contributed by atoms with Crippen LogP contribution in [0.3, 0.4) is 0 Å². The molecule has 0 fully saturated rings. The highest BCUT2D eigenvalue weighted by Crippen LogP contribution is 2.43. The summed E-state index contributed by atoms with van der Waals surface area (Å²) in [5, 5.41) is 63.4. The lowest BCUT2D eigenvalue weighted by atomic mass is 9.96. The fourth-order valence-corrected chi connectivity index (χ4v) is 8.94. The zero-order valence-corrected chi connectivity index (χ0v) is 34.1. The van der Waals surface area contributed by atoms with Gasteiger partial charge in [0.15, 0.2) is 0 Å². The maximum atomic E-state index is 14.5. The summed E-state index contributed by atoms with van der Waals surface area (Å²) >= 11 is 0. The van der Waals surface area contributed by atoms with Crippen LogP contribution < -0.4 is 0 Å². The minimum atomic E-state index is -4.77. The van der Waals surface area contributed by atoms with Crippen LogP contribution >= 0.6 is 0 Å². The van der Waals surface area contributed by atoms with Crippen LogP contribution in [0.5, 0.6) is 0 Å². The molecular weight excluding hydrogens is 830 g/mol. The van der Waals surface area contributed by atoms with Crippen molar-refractivity contribution in [3.8, 4) is 81.2 Å². The molecule has 10 aromatic rings. The van der Waals surface area contributed by atoms with E-state index < -0.39 is 11.7 Å². The number of rotatable bonds is 5. The van der Waals surface area contributed by atoms with E-state index in [1.54, 1.807) is 36.4 Å². The Morgan fingerprint density at radius 3 is 1.09 bits per heavy atom. The summed E-state index contributed by atoms with van der Waals surface area (Å²) in [6, 6.07) is 55.7. The fraction of sp³-hybridized carbons (Fsp3) is 0.0182. The average molecular weight is 855 g/mol. The summed E-state index contributed by atoms with van der Waals surface area (Å²) in [7, 11) is 0. The van der Waals surface area contributed by atoms with Crippen LogP contribution in [0.2, 0.25) is 0 Å². The van der Waals surface area contributed by atoms with Crippen molar-refractivity contribution in [3.63, 3.8) is 0 Å². The van der Waals surface area contributed by atoms with Gasteiger partial charge >= 0.3 is 6.18 Å². The predicted molar refractivity (Wildman–Crippen MR) is 245 cm³/mol. The number of benzene rings is 8. The largest absolute Gasteiger partial charge is 0.416 e. The van der Waals surface area contributed by atoms with Gasteiger partial charge in [0.2, 0.25) is 0 Å². The molecule has 0 atom stereocenters. The smallest absolute Gasteiger partial charge is 0.308 e. The minimum absolute atomic E-state index is 0.107. The third-order valence-corrected chi connectivity index (χ3v) is 11.8. The van der Waals surface area contributed by atoms with Crippen molar-refractivity contribution < 1.29 is 13.2 Å². The Morgan fingerprint density at radius 2 is 0.697 bits per heavy atom. The number of aromatic nitrogens is 2. The maximum absolute atomic E-state index is 14.5. The quantitative estimate of drug-likeness (QED) is 0.168. The van der Waals surface area contributed by atoms with Crippen molar-refractivity contribution in [2.75, 3.05) is 0 Å². The number of nitriles is 6. The van der Waals surface area contributed by atoms with Crippen molar-refractivity contribution in [2.24, 2.45) is 0 Å². The lowest BCUT2D eigenvalue weighted by Gasteiger charge is -2.19. The molecule has 0 amide bonds. The van der Waals surface area contributed by atoms with Crippen LogP contribution in [0.15, 0.2) is 152 Å². The number of fused-ring (bicyclic) bond motifs is 6. The monoisotopic (exact) mass is 854 g/mol. The molecule has 306 valence electrons. The molecule has 0 bridgehead atoms. The number of hydrogen-bond donors (Lipinski definition) is 0. The fourth-order valence-electron chi connectivity index (χ4n) is 8.94. The molecule has 0 aliphatic rings. The van der Waals surface area contributed by atoms with Crippen LogP contribution in [-0.2, 0) is 6.18 Å². The third-order valence-electron chi connectivity index (χ3n) is 11.8. The topological polar surface area (TPSA) is 153 Å². The van der Waals surface area contributed by atoms with E-state index in [1.807, 2.05) is 100 Å². The van der Waals surface area contributed by atoms with Crippen LogP contribution in [0.25, 0.3) is 88.4 Å². The molecule has 0 radical (unpaired) electrons. The first-order valence-electron chi connectivity index (χ1n) is 20.2. The standard InChI is InChI=1S/C55H25F3N8/c56-55(57,58)43-20-36(30-63)19-41(21-43)42-24-53(65-49-7-3-1-5-44(49)46-22-37(9-11-51(46)65)39-15-32(26-59)13-33(16-39)27-60)48(31-64)54(25-42)66-50-8-4-2-6-45(50)47-23-38(10-12-52(47)66)40-17-34(28-61)14-35(18-40)29-62/h1-25H. The number of alkyl halides is 3. The zero-order chi connectivity index (χ0) is 45.9. The number of nitrogens with zero attached hydrogens (tertiary/aromatic N) is 8. The lowest BCUT2D eigenvalue weighted by Crippen LogP contribution is -2.07. The summed E-state index contributed by atoms with van der Waals surface area (Å²) in [6.45, 7) is 0. The Balaban J connectivity index is 1.30. The van der Waals surface area contributed by atoms with Crippen molar-refractivity contribution in [1.29, 1.82) is 31.6 Å². The van der Waals surface area contributed by atoms with Crippen LogP contribution in [0.1, 0.15) is 38.9 Å². The minimum Gasteiger partial charge on any atom is -0.308 e. The first kappa shape index (κ1) is 40.2. The number of halogens is 3. The number of para-hydroxylation sites is 2. The van der Waals surface area contributed by atoms with E-state index in [2.05, 4.69) is 30.3 Å². The number of hydrogen-bond acceptors (Lipinski definition) is 6. The Morgan fingerprint density at radius 1 is 0.333 bits per heavy atom. The predicted octanol–water partition coefficient (Wildman–Crippen LogP) is 13.1. The van der Waals surface area contributed by atoms with E-state index in [0.29, 0.717) is 72.4 Å². The molecule has 0 aliphatic heterocycles. The molecule has 0 aliphatic carbocycles. The Bertz CT molecular complexity index is 3740. The second-order valence-corrected chi connectivity index (χ2v) is 15.6. The van der Waals surface area contributed by atoms with Crippen molar-refractivity contribution >= 4 is 43.6 Å². The zero-order valence-electron chi connectivity index (χ0n) is 34.1. The molecule has 2 aromatic heterocycles. The van der Waals surface area contributed by atoms with Gasteiger partial charge in [0.25, 0.3) is 0 Å². The maximum Gasteiger partial charge on any atom is 0.416 e. The molecular formula is C55H25F3N8. The summed E-state index contributed by atoms with van der Waals surface area (Å²) in [4.78, 5) is 0. The molecule has 11 heteroatoms. The van der Waals surface area contributed by atoms with E-state index in [1.165, 1.54) is 18.2 Å². The Labute approximate surface area is 374 Å². The first-order chi connectivity index (χ1) is 32.0. The van der Waals surface area contributed by atoms with Crippen LogP contribution in [0.4, 0.5) is 13.2 Å². The molecule has 66 heavy (non-hydrogen) atoms. The second kappa shape index (κ2) is 15.5. The molecule has 0 unspecified atom stereocenters. The first-order valence-corrected chi connectivity index (χ1v) is 20.2. The Kier molecular flexibility index (Phi) is 9.41. The molecule has 10 rings (SSSR count). The molecule has 8 nitrogen and oxygen atoms in total. The van der Waals surface area contributed by atoms with E-state index in [4.69, 9.17) is 0 Å². The third kappa shape index (κ3) is 6.59. The normalized spacial score (nSPS) is 11.2. The summed E-state index contributed by atoms with van der Waals surface area (Å²) in [5.41, 5.74) is 6.93. The highest BCUT2D eigenvalue weighted by atomic mass is 19.4. The van der Waals surface area contributed by atoms with Gasteiger partial charge in [-0.05, 0) is 137 Å². The van der Waals surface area contributed by atoms with Gasteiger partial charge in [0.05, 0.1) is 97.2 Å². The van der Waals surface area contributed by atoms with Gasteiger partial charge in [-0.2, -0.15) is 44.7 Å². The van der Waals surface area contributed by atoms with Gasteiger partial charge < -0.3 is 9.13 Å². The van der Waals surface area contributed by atoms with E-state index in [0.717, 1.165) is 44.8 Å². The molecule has 0 saturated carbocycles. The van der Waals surface area contributed by atoms with Crippen molar-refractivity contribution in [2.45, 2.75) is 6.18 Å². The van der Waals surface area contributed by atoms with Gasteiger partial charge in [-0.15, -0.1) is 0 Å². The van der Waals surface area contributed by atoms with E-state index in [-0.39, 0.29) is 16.7 Å². The van der Waals surface area contributed by atoms with Gasteiger partial charge in [-0.3, -0.25) is 0 Å². The van der Waals surface area contributed by atoms with Crippen LogP contribution in [0, 0.1) is 68.0 Å². The molecule has 0 spiro atoms. The molecule has 0 N–H and O–H groups in total. The lowest BCUT2D eigenvalue weighted by molar-refractivity contribution is -0.137. The van der Waals surface area contributed by atoms with Crippen molar-refractivity contribution in [1.82, 2.24) is 9.13 Å². The summed E-state index contributed by atoms with van der Waals surface area (Å²) in [6.07, 6.45) is -4.77. The molecule has 0 saturated heterocycles. The van der Waals surface area contributed by atoms with E-state index >= 15 is 0 Å². The average Bonchev–Trinajstić information content (AvgIpc) is 3.87. The Hall–Kier alpha value is -9.91. The molecule has 8 aromatic carbocycles. The molecule has 2 heterocycles. The second-order valence-electron chi connectivity index (χ2n) is 15.6. The van der Waals surface area contributed by atoms with Crippen molar-refractivity contribution in [3.05, 3.63) is 191 Å². The van der Waals surface area contributed by atoms with Gasteiger partial charge in [0, 0.05) is 21.5 Å². The van der Waals surface area contributed by atoms with Crippen LogP contribution in [-0.4, -0.2) is 9.13 Å². The SMILES string of the molecule is N#Cc1cc(C#N)cc(-c2ccc3c(c2)c2ccccc2n3-c2cc(-c3cc(C#N)cc(C(F)(F)F)c3)cc(-n3c4ccccc4c4cc(-c5cc(C#N)cc(C#N)c5)ccc43)c2C#N)c1. The van der Waals surface area contributed by atoms with Gasteiger partial charge in [-0.1, -0.05) is 48.5 Å².